The maximum atomic E-state index is 14.9. The fourth-order valence-corrected chi connectivity index (χ4v) is 6.39. The Hall–Kier alpha value is -3.46. The van der Waals surface area contributed by atoms with E-state index < -0.39 is 0 Å². The van der Waals surface area contributed by atoms with Crippen LogP contribution in [-0.2, 0) is 13.0 Å². The normalized spacial score (nSPS) is 21.8. The van der Waals surface area contributed by atoms with E-state index in [9.17, 15) is 14.3 Å². The first-order chi connectivity index (χ1) is 18.9. The van der Waals surface area contributed by atoms with E-state index >= 15 is 0 Å². The molecule has 2 aromatic carbocycles. The number of fused-ring (bicyclic) bond motifs is 2. The van der Waals surface area contributed by atoms with Gasteiger partial charge in [0, 0.05) is 30.6 Å². The second-order valence-electron chi connectivity index (χ2n) is 11.1. The summed E-state index contributed by atoms with van der Waals surface area (Å²) in [4.78, 5) is 27.5. The van der Waals surface area contributed by atoms with E-state index in [1.54, 1.807) is 23.1 Å². The Bertz CT molecular complexity index is 1410. The van der Waals surface area contributed by atoms with Crippen molar-refractivity contribution in [2.75, 3.05) is 22.9 Å². The maximum absolute atomic E-state index is 14.9. The molecule has 3 aromatic rings. The number of nitrogens with zero attached hydrogens (tertiary/aromatic N) is 4. The molecule has 2 fully saturated rings. The van der Waals surface area contributed by atoms with E-state index in [-0.39, 0.29) is 42.2 Å². The first kappa shape index (κ1) is 25.8. The molecule has 8 nitrogen and oxygen atoms in total. The van der Waals surface area contributed by atoms with Gasteiger partial charge in [-0.3, -0.25) is 4.79 Å². The van der Waals surface area contributed by atoms with Crippen LogP contribution in [0.2, 0.25) is 0 Å². The van der Waals surface area contributed by atoms with Gasteiger partial charge in [0.15, 0.2) is 0 Å². The number of hydrogen-bond acceptors (Lipinski definition) is 7. The zero-order chi connectivity index (χ0) is 27.1. The van der Waals surface area contributed by atoms with Gasteiger partial charge in [-0.2, -0.15) is 9.97 Å². The summed E-state index contributed by atoms with van der Waals surface area (Å²) in [7, 11) is 0. The predicted octanol–water partition coefficient (Wildman–Crippen LogP) is 5.23. The van der Waals surface area contributed by atoms with Gasteiger partial charge in [0.25, 0.3) is 5.91 Å². The Kier molecular flexibility index (Phi) is 7.01. The average Bonchev–Trinajstić information content (AvgIpc) is 3.06. The van der Waals surface area contributed by atoms with E-state index in [0.29, 0.717) is 45.5 Å². The van der Waals surface area contributed by atoms with E-state index in [1.165, 1.54) is 6.07 Å². The molecule has 0 spiro atoms. The number of anilines is 2. The minimum Gasteiger partial charge on any atom is -0.508 e. The number of rotatable bonds is 5. The summed E-state index contributed by atoms with van der Waals surface area (Å²) in [6.45, 7) is 3.70. The van der Waals surface area contributed by atoms with Crippen LogP contribution in [0.1, 0.15) is 79.9 Å². The quantitative estimate of drug-likeness (QED) is 0.463. The number of carbonyl (C=O) groups excluding carboxylic acids is 1. The summed E-state index contributed by atoms with van der Waals surface area (Å²) in [5.74, 6) is 0.0588. The Labute approximate surface area is 228 Å². The molecule has 0 bridgehead atoms. The molecule has 0 unspecified atom stereocenters. The van der Waals surface area contributed by atoms with Crippen LogP contribution in [0.4, 0.5) is 15.9 Å². The van der Waals surface area contributed by atoms with Crippen LogP contribution < -0.4 is 20.3 Å². The molecule has 2 aliphatic heterocycles. The van der Waals surface area contributed by atoms with Crippen molar-refractivity contribution in [2.24, 2.45) is 5.73 Å². The zero-order valence-corrected chi connectivity index (χ0v) is 22.5. The minimum atomic E-state index is -0.326. The third-order valence-corrected chi connectivity index (χ3v) is 8.33. The van der Waals surface area contributed by atoms with Crippen molar-refractivity contribution in [1.82, 2.24) is 9.97 Å². The van der Waals surface area contributed by atoms with Crippen molar-refractivity contribution in [3.8, 4) is 11.8 Å². The summed E-state index contributed by atoms with van der Waals surface area (Å²) in [6, 6.07) is 6.59. The van der Waals surface area contributed by atoms with Crippen LogP contribution in [0.5, 0.6) is 11.8 Å². The van der Waals surface area contributed by atoms with Gasteiger partial charge in [-0.15, -0.1) is 0 Å². The van der Waals surface area contributed by atoms with Crippen molar-refractivity contribution in [3.05, 3.63) is 46.9 Å². The molecule has 0 radical (unpaired) electrons. The van der Waals surface area contributed by atoms with E-state index in [0.717, 1.165) is 64.5 Å². The molecule has 39 heavy (non-hydrogen) atoms. The SMILES string of the molecule is CCc1c(F)ccc2cc(O)cc(N3Cc4nc(O[C@@H]5CCC[C@@H](N)C5)nc(N5CCCCCC5)c4C3=O)c12. The van der Waals surface area contributed by atoms with Crippen LogP contribution in [0.3, 0.4) is 0 Å². The number of carbonyl (C=O) groups is 1. The third kappa shape index (κ3) is 4.88. The van der Waals surface area contributed by atoms with Crippen LogP contribution in [0.15, 0.2) is 24.3 Å². The first-order valence-electron chi connectivity index (χ1n) is 14.3. The molecular weight excluding hydrogens is 497 g/mol. The molecule has 6 rings (SSSR count). The number of hydrogen-bond donors (Lipinski definition) is 2. The lowest BCUT2D eigenvalue weighted by molar-refractivity contribution is 0.0997. The van der Waals surface area contributed by atoms with Gasteiger partial charge in [-0.25, -0.2) is 4.39 Å². The Morgan fingerprint density at radius 2 is 1.90 bits per heavy atom. The second-order valence-corrected chi connectivity index (χ2v) is 11.1. The Morgan fingerprint density at radius 1 is 1.10 bits per heavy atom. The molecule has 3 aliphatic rings. The van der Waals surface area contributed by atoms with Crippen molar-refractivity contribution in [3.63, 3.8) is 0 Å². The monoisotopic (exact) mass is 533 g/mol. The lowest BCUT2D eigenvalue weighted by atomic mass is 9.94. The lowest BCUT2D eigenvalue weighted by Gasteiger charge is -2.27. The van der Waals surface area contributed by atoms with Crippen LogP contribution >= 0.6 is 0 Å². The molecule has 206 valence electrons. The highest BCUT2D eigenvalue weighted by atomic mass is 19.1. The molecule has 1 aliphatic carbocycles. The molecule has 1 aromatic heterocycles. The summed E-state index contributed by atoms with van der Waals surface area (Å²) in [5.41, 5.74) is 8.25. The fourth-order valence-electron chi connectivity index (χ4n) is 6.39. The highest BCUT2D eigenvalue weighted by Gasteiger charge is 2.38. The first-order valence-corrected chi connectivity index (χ1v) is 14.3. The summed E-state index contributed by atoms with van der Waals surface area (Å²) < 4.78 is 21.2. The van der Waals surface area contributed by atoms with Gasteiger partial charge in [0.05, 0.1) is 17.9 Å². The summed E-state index contributed by atoms with van der Waals surface area (Å²) >= 11 is 0. The number of benzene rings is 2. The number of amides is 1. The molecular formula is C30H36FN5O3. The number of ether oxygens (including phenoxy) is 1. The molecule has 3 N–H and O–H groups in total. The van der Waals surface area contributed by atoms with Gasteiger partial charge >= 0.3 is 6.01 Å². The van der Waals surface area contributed by atoms with E-state index in [2.05, 4.69) is 4.90 Å². The standard InChI is InChI=1S/C30H36FN5O3/c1-2-22-23(31)11-10-18-14-20(37)16-25(26(18)22)36-17-24-27(29(36)38)28(35-12-5-3-4-6-13-35)34-30(33-24)39-21-9-7-8-19(32)15-21/h10-11,14,16,19,21,37H,2-9,12-13,15,17,32H2,1H3/t19-,21-/m1/s1. The van der Waals surface area contributed by atoms with E-state index in [4.69, 9.17) is 20.4 Å². The van der Waals surface area contributed by atoms with Gasteiger partial charge in [-0.1, -0.05) is 25.8 Å². The topological polar surface area (TPSA) is 105 Å². The Balaban J connectivity index is 1.44. The van der Waals surface area contributed by atoms with Crippen molar-refractivity contribution in [1.29, 1.82) is 0 Å². The molecule has 2 atom stereocenters. The smallest absolute Gasteiger partial charge is 0.318 e. The highest BCUT2D eigenvalue weighted by molar-refractivity contribution is 6.16. The van der Waals surface area contributed by atoms with Crippen LogP contribution in [-0.4, -0.2) is 46.2 Å². The molecule has 1 saturated heterocycles. The number of phenols is 1. The fraction of sp³-hybridized carbons (Fsp3) is 0.500. The molecule has 9 heteroatoms. The number of halogens is 1. The highest BCUT2D eigenvalue weighted by Crippen LogP contribution is 2.41. The largest absolute Gasteiger partial charge is 0.508 e. The van der Waals surface area contributed by atoms with Gasteiger partial charge < -0.3 is 25.4 Å². The lowest BCUT2D eigenvalue weighted by Crippen LogP contribution is -2.34. The summed E-state index contributed by atoms with van der Waals surface area (Å²) in [6.07, 6.45) is 8.40. The van der Waals surface area contributed by atoms with Gasteiger partial charge in [0.2, 0.25) is 0 Å². The van der Waals surface area contributed by atoms with Gasteiger partial charge in [0.1, 0.15) is 29.1 Å². The average molecular weight is 534 g/mol. The Morgan fingerprint density at radius 3 is 2.64 bits per heavy atom. The van der Waals surface area contributed by atoms with Crippen molar-refractivity contribution in [2.45, 2.75) is 83.4 Å². The third-order valence-electron chi connectivity index (χ3n) is 8.33. The second kappa shape index (κ2) is 10.6. The molecule has 3 heterocycles. The van der Waals surface area contributed by atoms with Crippen molar-refractivity contribution < 1.29 is 19.0 Å². The maximum Gasteiger partial charge on any atom is 0.318 e. The number of aromatic hydroxyl groups is 1. The number of phenolic OH excluding ortho intramolecular Hbond substituents is 1. The molecule has 1 amide bonds. The zero-order valence-electron chi connectivity index (χ0n) is 22.5. The van der Waals surface area contributed by atoms with Gasteiger partial charge in [-0.05, 0) is 68.0 Å². The predicted molar refractivity (Wildman–Crippen MR) is 149 cm³/mol. The number of nitrogens with two attached hydrogens (primary N) is 1. The molecule has 1 saturated carbocycles. The minimum absolute atomic E-state index is 0.0198. The van der Waals surface area contributed by atoms with Crippen molar-refractivity contribution >= 4 is 28.2 Å². The van der Waals surface area contributed by atoms with Crippen LogP contribution in [0, 0.1) is 5.82 Å². The number of aryl methyl sites for hydroxylation is 1. The van der Waals surface area contributed by atoms with Crippen LogP contribution in [0.25, 0.3) is 10.8 Å². The number of aromatic nitrogens is 2. The van der Waals surface area contributed by atoms with E-state index in [1.807, 2.05) is 6.92 Å². The summed E-state index contributed by atoms with van der Waals surface area (Å²) in [5, 5.41) is 11.9.